The van der Waals surface area contributed by atoms with E-state index in [1.807, 2.05) is 6.26 Å². The summed E-state index contributed by atoms with van der Waals surface area (Å²) in [5.41, 5.74) is 0.356. The van der Waals surface area contributed by atoms with Gasteiger partial charge in [-0.2, -0.15) is 0 Å². The summed E-state index contributed by atoms with van der Waals surface area (Å²) >= 11 is 2.52. The van der Waals surface area contributed by atoms with Crippen molar-refractivity contribution < 1.29 is 17.2 Å². The van der Waals surface area contributed by atoms with Gasteiger partial charge in [-0.1, -0.05) is 11.8 Å². The molecule has 0 unspecified atom stereocenters. The first-order chi connectivity index (χ1) is 10.3. The van der Waals surface area contributed by atoms with Gasteiger partial charge >= 0.3 is 0 Å². The van der Waals surface area contributed by atoms with Crippen molar-refractivity contribution in [2.24, 2.45) is 0 Å². The largest absolute Gasteiger partial charge is 0.283 e. The summed E-state index contributed by atoms with van der Waals surface area (Å²) in [6.45, 7) is 0. The molecule has 0 fully saturated rings. The van der Waals surface area contributed by atoms with Crippen LogP contribution in [0.25, 0.3) is 0 Å². The molecule has 22 heavy (non-hydrogen) atoms. The first-order valence-corrected chi connectivity index (χ1v) is 10.0. The molecule has 0 aliphatic rings. The monoisotopic (exact) mass is 361 g/mol. The number of anilines is 1. The highest BCUT2D eigenvalue weighted by molar-refractivity contribution is 8.00. The molecule has 0 saturated carbocycles. The molecule has 118 valence electrons. The fourth-order valence-corrected chi connectivity index (χ4v) is 3.78. The van der Waals surface area contributed by atoms with Gasteiger partial charge in [-0.15, -0.1) is 11.8 Å². The van der Waals surface area contributed by atoms with Crippen molar-refractivity contribution in [3.63, 3.8) is 0 Å². The molecule has 0 heterocycles. The fourth-order valence-electron chi connectivity index (χ4n) is 1.67. The molecule has 2 aromatic rings. The summed E-state index contributed by atoms with van der Waals surface area (Å²) in [6.07, 6.45) is 2.92. The standard InChI is InChI=1S/C14H13F2NO2S3/c1-20-10-4-5-12(17-22(2,18)19)14(8-10)21-13-6-3-9(15)7-11(13)16/h3-8,17H,1-2H3. The Morgan fingerprint density at radius 3 is 2.36 bits per heavy atom. The molecule has 0 radical (unpaired) electrons. The Balaban J connectivity index is 2.42. The number of thioether (sulfide) groups is 1. The molecule has 8 heteroatoms. The zero-order chi connectivity index (χ0) is 16.3. The molecule has 0 aromatic heterocycles. The van der Waals surface area contributed by atoms with Crippen LogP contribution >= 0.6 is 23.5 Å². The third kappa shape index (κ3) is 4.62. The highest BCUT2D eigenvalue weighted by Gasteiger charge is 2.12. The second kappa shape index (κ2) is 6.89. The van der Waals surface area contributed by atoms with Gasteiger partial charge in [0.15, 0.2) is 0 Å². The lowest BCUT2D eigenvalue weighted by Gasteiger charge is -2.12. The minimum atomic E-state index is -3.45. The lowest BCUT2D eigenvalue weighted by molar-refractivity contribution is 0.565. The predicted molar refractivity (Wildman–Crippen MR) is 87.2 cm³/mol. The third-order valence-corrected chi connectivity index (χ3v) is 5.02. The topological polar surface area (TPSA) is 46.2 Å². The maximum absolute atomic E-state index is 13.8. The zero-order valence-electron chi connectivity index (χ0n) is 11.8. The molecular formula is C14H13F2NO2S3. The van der Waals surface area contributed by atoms with Crippen LogP contribution in [-0.4, -0.2) is 20.9 Å². The number of benzene rings is 2. The van der Waals surface area contributed by atoms with E-state index >= 15 is 0 Å². The quantitative estimate of drug-likeness (QED) is 0.811. The van der Waals surface area contributed by atoms with Gasteiger partial charge in [0.1, 0.15) is 11.6 Å². The van der Waals surface area contributed by atoms with Gasteiger partial charge in [0.05, 0.1) is 11.9 Å². The maximum Gasteiger partial charge on any atom is 0.229 e. The van der Waals surface area contributed by atoms with Gasteiger partial charge in [-0.05, 0) is 36.6 Å². The first kappa shape index (κ1) is 17.1. The normalized spacial score (nSPS) is 11.5. The van der Waals surface area contributed by atoms with Gasteiger partial charge in [-0.25, -0.2) is 17.2 Å². The maximum atomic E-state index is 13.8. The molecule has 0 aliphatic carbocycles. The predicted octanol–water partition coefficient (Wildman–Crippen LogP) is 4.21. The molecule has 3 nitrogen and oxygen atoms in total. The van der Waals surface area contributed by atoms with Crippen LogP contribution in [0.3, 0.4) is 0 Å². The van der Waals surface area contributed by atoms with Crippen LogP contribution in [0.2, 0.25) is 0 Å². The average Bonchev–Trinajstić information content (AvgIpc) is 2.42. The van der Waals surface area contributed by atoms with E-state index in [9.17, 15) is 17.2 Å². The number of hydrogen-bond acceptors (Lipinski definition) is 4. The van der Waals surface area contributed by atoms with Crippen LogP contribution in [0, 0.1) is 11.6 Å². The average molecular weight is 361 g/mol. The van der Waals surface area contributed by atoms with Crippen LogP contribution in [0.4, 0.5) is 14.5 Å². The van der Waals surface area contributed by atoms with Crippen molar-refractivity contribution in [3.8, 4) is 0 Å². The van der Waals surface area contributed by atoms with E-state index < -0.39 is 21.7 Å². The van der Waals surface area contributed by atoms with Crippen molar-refractivity contribution in [3.05, 3.63) is 48.0 Å². The lowest BCUT2D eigenvalue weighted by atomic mass is 10.3. The van der Waals surface area contributed by atoms with Crippen LogP contribution in [-0.2, 0) is 10.0 Å². The van der Waals surface area contributed by atoms with Gasteiger partial charge in [0, 0.05) is 20.8 Å². The van der Waals surface area contributed by atoms with Crippen molar-refractivity contribution in [2.75, 3.05) is 17.2 Å². The smallest absolute Gasteiger partial charge is 0.229 e. The molecular weight excluding hydrogens is 348 g/mol. The minimum Gasteiger partial charge on any atom is -0.283 e. The molecule has 0 atom stereocenters. The van der Waals surface area contributed by atoms with Gasteiger partial charge < -0.3 is 0 Å². The Morgan fingerprint density at radius 2 is 1.77 bits per heavy atom. The molecule has 0 bridgehead atoms. The Bertz CT molecular complexity index is 795. The Kier molecular flexibility index (Phi) is 5.36. The third-order valence-electron chi connectivity index (χ3n) is 2.60. The number of rotatable bonds is 5. The highest BCUT2D eigenvalue weighted by atomic mass is 32.2. The van der Waals surface area contributed by atoms with E-state index in [4.69, 9.17) is 0 Å². The molecule has 0 amide bonds. The van der Waals surface area contributed by atoms with Crippen molar-refractivity contribution in [2.45, 2.75) is 14.7 Å². The minimum absolute atomic E-state index is 0.219. The number of sulfonamides is 1. The summed E-state index contributed by atoms with van der Waals surface area (Å²) in [5.74, 6) is -1.35. The molecule has 2 rings (SSSR count). The van der Waals surface area contributed by atoms with E-state index in [1.165, 1.54) is 17.8 Å². The lowest BCUT2D eigenvalue weighted by Crippen LogP contribution is -2.10. The van der Waals surface area contributed by atoms with Crippen LogP contribution < -0.4 is 4.72 Å². The Labute approximate surface area is 136 Å². The second-order valence-electron chi connectivity index (χ2n) is 4.41. The summed E-state index contributed by atoms with van der Waals surface area (Å²) in [7, 11) is -3.45. The van der Waals surface area contributed by atoms with Gasteiger partial charge in [0.25, 0.3) is 0 Å². The van der Waals surface area contributed by atoms with Crippen molar-refractivity contribution in [1.82, 2.24) is 0 Å². The van der Waals surface area contributed by atoms with Gasteiger partial charge in [0.2, 0.25) is 10.0 Å². The Hall–Kier alpha value is -1.25. The SMILES string of the molecule is CSc1ccc(NS(C)(=O)=O)c(Sc2ccc(F)cc2F)c1. The molecule has 0 saturated heterocycles. The van der Waals surface area contributed by atoms with Crippen molar-refractivity contribution >= 4 is 39.2 Å². The summed E-state index contributed by atoms with van der Waals surface area (Å²) in [6, 6.07) is 8.43. The molecule has 0 spiro atoms. The number of halogens is 2. The first-order valence-electron chi connectivity index (χ1n) is 6.07. The van der Waals surface area contributed by atoms with Crippen LogP contribution in [0.15, 0.2) is 51.1 Å². The van der Waals surface area contributed by atoms with Gasteiger partial charge in [-0.3, -0.25) is 4.72 Å². The van der Waals surface area contributed by atoms with Crippen molar-refractivity contribution in [1.29, 1.82) is 0 Å². The van der Waals surface area contributed by atoms with E-state index in [0.29, 0.717) is 10.6 Å². The molecule has 2 aromatic carbocycles. The zero-order valence-corrected chi connectivity index (χ0v) is 14.2. The van der Waals surface area contributed by atoms with E-state index in [2.05, 4.69) is 4.72 Å². The second-order valence-corrected chi connectivity index (χ2v) is 8.13. The number of hydrogen-bond donors (Lipinski definition) is 1. The van der Waals surface area contributed by atoms with Crippen LogP contribution in [0.1, 0.15) is 0 Å². The fraction of sp³-hybridized carbons (Fsp3) is 0.143. The summed E-state index contributed by atoms with van der Waals surface area (Å²) in [4.78, 5) is 1.67. The molecule has 1 N–H and O–H groups in total. The molecule has 0 aliphatic heterocycles. The summed E-state index contributed by atoms with van der Waals surface area (Å²) in [5, 5.41) is 0. The Morgan fingerprint density at radius 1 is 1.05 bits per heavy atom. The van der Waals surface area contributed by atoms with Crippen LogP contribution in [0.5, 0.6) is 0 Å². The highest BCUT2D eigenvalue weighted by Crippen LogP contribution is 2.37. The number of nitrogens with one attached hydrogen (secondary N) is 1. The van der Waals surface area contributed by atoms with E-state index in [1.54, 1.807) is 18.2 Å². The van der Waals surface area contributed by atoms with E-state index in [-0.39, 0.29) is 4.90 Å². The van der Waals surface area contributed by atoms with E-state index in [0.717, 1.165) is 35.0 Å². The summed E-state index contributed by atoms with van der Waals surface area (Å²) < 4.78 is 52.0.